The first-order chi connectivity index (χ1) is 10.2. The van der Waals surface area contributed by atoms with E-state index in [0.29, 0.717) is 6.42 Å². The highest BCUT2D eigenvalue weighted by molar-refractivity contribution is 5.98. The van der Waals surface area contributed by atoms with Gasteiger partial charge < -0.3 is 20.3 Å². The Hall–Kier alpha value is -0.910. The van der Waals surface area contributed by atoms with Crippen molar-refractivity contribution in [2.45, 2.75) is 77.2 Å². The summed E-state index contributed by atoms with van der Waals surface area (Å²) in [5, 5.41) is 23.8. The van der Waals surface area contributed by atoms with E-state index in [4.69, 9.17) is 4.74 Å². The summed E-state index contributed by atoms with van der Waals surface area (Å²) >= 11 is 0. The van der Waals surface area contributed by atoms with E-state index in [1.54, 1.807) is 13.0 Å². The van der Waals surface area contributed by atoms with Gasteiger partial charge in [-0.05, 0) is 19.4 Å². The van der Waals surface area contributed by atoms with Crippen LogP contribution in [0.3, 0.4) is 0 Å². The number of nitrogens with one attached hydrogen (secondary N) is 1. The van der Waals surface area contributed by atoms with E-state index in [-0.39, 0.29) is 17.4 Å². The predicted molar refractivity (Wildman–Crippen MR) is 86.2 cm³/mol. The number of amides is 1. The highest BCUT2D eigenvalue weighted by Gasteiger charge is 2.45. The molecule has 0 radical (unpaired) electrons. The van der Waals surface area contributed by atoms with Crippen LogP contribution in [0.25, 0.3) is 0 Å². The van der Waals surface area contributed by atoms with E-state index >= 15 is 0 Å². The molecule has 1 heterocycles. The van der Waals surface area contributed by atoms with E-state index in [0.717, 1.165) is 25.7 Å². The molecule has 0 saturated heterocycles. The number of hydrogen-bond acceptors (Lipinski definition) is 4. The zero-order chi connectivity index (χ0) is 17.0. The Bertz CT molecular complexity index is 417. The number of hydrogen-bond donors (Lipinski definition) is 3. The molecule has 1 rings (SSSR count). The van der Waals surface area contributed by atoms with Crippen LogP contribution in [0.1, 0.15) is 59.8 Å². The summed E-state index contributed by atoms with van der Waals surface area (Å²) < 4.78 is 5.44. The van der Waals surface area contributed by atoms with Gasteiger partial charge in [-0.3, -0.25) is 4.79 Å². The summed E-state index contributed by atoms with van der Waals surface area (Å²) in [4.78, 5) is 12.2. The smallest absolute Gasteiger partial charge is 0.252 e. The van der Waals surface area contributed by atoms with Crippen molar-refractivity contribution >= 4 is 5.91 Å². The Kier molecular flexibility index (Phi) is 6.59. The van der Waals surface area contributed by atoms with Crippen molar-refractivity contribution in [3.8, 4) is 0 Å². The fraction of sp³-hybridized carbons (Fsp3) is 0.824. The van der Waals surface area contributed by atoms with Gasteiger partial charge in [-0.1, -0.05) is 46.5 Å². The minimum absolute atomic E-state index is 0.0145. The van der Waals surface area contributed by atoms with Crippen molar-refractivity contribution in [2.75, 3.05) is 7.11 Å². The Morgan fingerprint density at radius 1 is 1.36 bits per heavy atom. The number of aliphatic hydroxyl groups is 2. The quantitative estimate of drug-likeness (QED) is 0.570. The van der Waals surface area contributed by atoms with Crippen LogP contribution in [-0.2, 0) is 9.53 Å². The summed E-state index contributed by atoms with van der Waals surface area (Å²) in [6.07, 6.45) is 4.92. The molecule has 22 heavy (non-hydrogen) atoms. The molecule has 0 aromatic rings. The second-order valence-corrected chi connectivity index (χ2v) is 6.78. The number of unbranched alkanes of at least 4 members (excludes halogenated alkanes) is 3. The zero-order valence-electron chi connectivity index (χ0n) is 14.5. The Morgan fingerprint density at radius 2 is 2.00 bits per heavy atom. The summed E-state index contributed by atoms with van der Waals surface area (Å²) in [6, 6.07) is 0. The molecule has 0 bridgehead atoms. The minimum Gasteiger partial charge on any atom is -0.387 e. The number of carbonyl (C=O) groups excluding carboxylic acids is 1. The molecule has 1 aliphatic heterocycles. The first kappa shape index (κ1) is 19.1. The van der Waals surface area contributed by atoms with Gasteiger partial charge in [0.25, 0.3) is 5.91 Å². The minimum atomic E-state index is -1.32. The summed E-state index contributed by atoms with van der Waals surface area (Å²) in [7, 11) is 1.52. The van der Waals surface area contributed by atoms with Crippen LogP contribution in [0.2, 0.25) is 0 Å². The largest absolute Gasteiger partial charge is 0.387 e. The lowest BCUT2D eigenvalue weighted by Crippen LogP contribution is -2.48. The van der Waals surface area contributed by atoms with E-state index in [1.165, 1.54) is 7.11 Å². The maximum Gasteiger partial charge on any atom is 0.252 e. The SMILES string of the molecule is CCCCCC[C@](C)(O)[C@@H](O)C1=CC(OC)(C(C)C)NC1=O. The van der Waals surface area contributed by atoms with Gasteiger partial charge in [0.15, 0.2) is 5.72 Å². The molecule has 0 aliphatic carbocycles. The molecule has 0 fully saturated rings. The average Bonchev–Trinajstić information content (AvgIpc) is 2.81. The molecule has 0 aromatic carbocycles. The van der Waals surface area contributed by atoms with Crippen LogP contribution < -0.4 is 5.32 Å². The standard InChI is InChI=1S/C17H31NO4/c1-6-7-8-9-10-16(4,21)14(19)13-11-17(22-5,12(2)3)18-15(13)20/h11-12,14,19,21H,6-10H2,1-5H3,(H,18,20)/t14-,16-,17?/m0/s1. The van der Waals surface area contributed by atoms with Gasteiger partial charge >= 0.3 is 0 Å². The molecular formula is C17H31NO4. The van der Waals surface area contributed by atoms with Crippen molar-refractivity contribution in [1.82, 2.24) is 5.32 Å². The number of rotatable bonds is 9. The molecule has 5 nitrogen and oxygen atoms in total. The maximum atomic E-state index is 12.2. The molecule has 5 heteroatoms. The molecule has 0 spiro atoms. The summed E-state index contributed by atoms with van der Waals surface area (Å²) in [5.74, 6) is -0.363. The van der Waals surface area contributed by atoms with Crippen molar-refractivity contribution in [2.24, 2.45) is 5.92 Å². The third kappa shape index (κ3) is 4.09. The lowest BCUT2D eigenvalue weighted by atomic mass is 9.87. The molecule has 1 unspecified atom stereocenters. The Morgan fingerprint density at radius 3 is 2.45 bits per heavy atom. The second kappa shape index (κ2) is 7.57. The van der Waals surface area contributed by atoms with E-state index < -0.39 is 17.4 Å². The highest BCUT2D eigenvalue weighted by Crippen LogP contribution is 2.32. The van der Waals surface area contributed by atoms with Crippen LogP contribution in [-0.4, -0.2) is 40.7 Å². The zero-order valence-corrected chi connectivity index (χ0v) is 14.5. The number of carbonyl (C=O) groups is 1. The van der Waals surface area contributed by atoms with Gasteiger partial charge in [0.1, 0.15) is 6.10 Å². The average molecular weight is 313 g/mol. The van der Waals surface area contributed by atoms with Gasteiger partial charge in [0.2, 0.25) is 0 Å². The van der Waals surface area contributed by atoms with Crippen molar-refractivity contribution in [3.05, 3.63) is 11.6 Å². The Labute approximate surface area is 133 Å². The van der Waals surface area contributed by atoms with Crippen LogP contribution in [0.15, 0.2) is 11.6 Å². The van der Waals surface area contributed by atoms with E-state index in [9.17, 15) is 15.0 Å². The van der Waals surface area contributed by atoms with Crippen LogP contribution in [0.4, 0.5) is 0 Å². The molecule has 1 aliphatic rings. The number of ether oxygens (including phenoxy) is 1. The number of methoxy groups -OCH3 is 1. The van der Waals surface area contributed by atoms with Crippen molar-refractivity contribution in [1.29, 1.82) is 0 Å². The predicted octanol–water partition coefficient (Wildman–Crippen LogP) is 2.12. The lowest BCUT2D eigenvalue weighted by Gasteiger charge is -2.30. The highest BCUT2D eigenvalue weighted by atomic mass is 16.5. The fourth-order valence-electron chi connectivity index (χ4n) is 2.82. The molecule has 1 amide bonds. The van der Waals surface area contributed by atoms with Gasteiger partial charge in [0.05, 0.1) is 5.60 Å². The second-order valence-electron chi connectivity index (χ2n) is 6.78. The molecule has 0 aromatic heterocycles. The van der Waals surface area contributed by atoms with Crippen LogP contribution >= 0.6 is 0 Å². The normalized spacial score (nSPS) is 25.8. The van der Waals surface area contributed by atoms with Gasteiger partial charge in [0, 0.05) is 18.6 Å². The molecule has 3 atom stereocenters. The maximum absolute atomic E-state index is 12.2. The first-order valence-electron chi connectivity index (χ1n) is 8.21. The fourth-order valence-corrected chi connectivity index (χ4v) is 2.82. The van der Waals surface area contributed by atoms with E-state index in [1.807, 2.05) is 13.8 Å². The van der Waals surface area contributed by atoms with E-state index in [2.05, 4.69) is 12.2 Å². The lowest BCUT2D eigenvalue weighted by molar-refractivity contribution is -0.126. The third-order valence-electron chi connectivity index (χ3n) is 4.56. The topological polar surface area (TPSA) is 78.8 Å². The number of aliphatic hydroxyl groups excluding tert-OH is 1. The third-order valence-corrected chi connectivity index (χ3v) is 4.56. The van der Waals surface area contributed by atoms with Crippen LogP contribution in [0.5, 0.6) is 0 Å². The first-order valence-corrected chi connectivity index (χ1v) is 8.21. The van der Waals surface area contributed by atoms with Crippen molar-refractivity contribution in [3.63, 3.8) is 0 Å². The molecule has 0 saturated carbocycles. The summed E-state index contributed by atoms with van der Waals surface area (Å²) in [5.41, 5.74) is -2.04. The van der Waals surface area contributed by atoms with Gasteiger partial charge in [-0.15, -0.1) is 0 Å². The molecule has 3 N–H and O–H groups in total. The van der Waals surface area contributed by atoms with Gasteiger partial charge in [-0.25, -0.2) is 0 Å². The molecule has 128 valence electrons. The van der Waals surface area contributed by atoms with Crippen molar-refractivity contribution < 1.29 is 19.7 Å². The monoisotopic (exact) mass is 313 g/mol. The summed E-state index contributed by atoms with van der Waals surface area (Å²) in [6.45, 7) is 7.56. The van der Waals surface area contributed by atoms with Crippen LogP contribution in [0, 0.1) is 5.92 Å². The Balaban J connectivity index is 2.84. The van der Waals surface area contributed by atoms with Gasteiger partial charge in [-0.2, -0.15) is 0 Å². The molecular weight excluding hydrogens is 282 g/mol.